The normalized spacial score (nSPS) is 17.7. The quantitative estimate of drug-likeness (QED) is 0.107. The fraction of sp³-hybridized carbons (Fsp3) is 0.354. The molecule has 2 unspecified atom stereocenters. The van der Waals surface area contributed by atoms with E-state index in [1.807, 2.05) is 59.6 Å². The van der Waals surface area contributed by atoms with Crippen molar-refractivity contribution in [1.82, 2.24) is 35.2 Å². The monoisotopic (exact) mass is 865 g/mol. The SMILES string of the molecule is N#Cc1ccc(CCNC(C(=O)Nc2ccc(-c3cnn(CC(=O)N4CCC(CN5CCN(c6ccc(NC7CCC(=O)NC7=O)cc6F)CC5)CC4)c3)cn2)c2ccccc2)cc1. The molecule has 5 aromatic rings. The molecule has 2 atom stereocenters. The van der Waals surface area contributed by atoms with Crippen LogP contribution < -0.4 is 26.2 Å². The van der Waals surface area contributed by atoms with E-state index in [4.69, 9.17) is 5.26 Å². The van der Waals surface area contributed by atoms with Crippen molar-refractivity contribution in [3.63, 3.8) is 0 Å². The number of rotatable bonds is 15. The van der Waals surface area contributed by atoms with Gasteiger partial charge in [0.15, 0.2) is 0 Å². The predicted octanol–water partition coefficient (Wildman–Crippen LogP) is 4.75. The molecular weight excluding hydrogens is 814 g/mol. The average Bonchev–Trinajstić information content (AvgIpc) is 3.78. The van der Waals surface area contributed by atoms with E-state index in [1.54, 1.807) is 47.4 Å². The van der Waals surface area contributed by atoms with E-state index >= 15 is 4.39 Å². The summed E-state index contributed by atoms with van der Waals surface area (Å²) in [5.41, 5.74) is 5.17. The highest BCUT2D eigenvalue weighted by Gasteiger charge is 2.29. The van der Waals surface area contributed by atoms with Gasteiger partial charge in [0.05, 0.1) is 23.5 Å². The minimum Gasteiger partial charge on any atom is -0.374 e. The molecule has 64 heavy (non-hydrogen) atoms. The minimum atomic E-state index is -0.602. The smallest absolute Gasteiger partial charge is 0.249 e. The molecule has 3 aliphatic rings. The van der Waals surface area contributed by atoms with E-state index in [0.717, 1.165) is 54.7 Å². The Morgan fingerprint density at radius 1 is 0.891 bits per heavy atom. The lowest BCUT2D eigenvalue weighted by molar-refractivity contribution is -0.134. The third-order valence-corrected chi connectivity index (χ3v) is 12.2. The molecule has 0 aliphatic carbocycles. The van der Waals surface area contributed by atoms with Crippen molar-refractivity contribution in [1.29, 1.82) is 5.26 Å². The Kier molecular flexibility index (Phi) is 14.0. The summed E-state index contributed by atoms with van der Waals surface area (Å²) in [6, 6.07) is 26.5. The van der Waals surface area contributed by atoms with Crippen LogP contribution in [0.25, 0.3) is 11.1 Å². The Hall–Kier alpha value is -6.96. The van der Waals surface area contributed by atoms with Gasteiger partial charge in [0, 0.05) is 88.0 Å². The van der Waals surface area contributed by atoms with Gasteiger partial charge in [-0.3, -0.25) is 34.1 Å². The number of anilines is 3. The van der Waals surface area contributed by atoms with E-state index in [-0.39, 0.29) is 36.5 Å². The number of nitriles is 1. The number of imide groups is 1. The van der Waals surface area contributed by atoms with Crippen LogP contribution in [0.15, 0.2) is 104 Å². The van der Waals surface area contributed by atoms with Crippen LogP contribution >= 0.6 is 0 Å². The second-order valence-corrected chi connectivity index (χ2v) is 16.6. The van der Waals surface area contributed by atoms with Crippen molar-refractivity contribution in [2.24, 2.45) is 5.92 Å². The Balaban J connectivity index is 0.758. The number of halogens is 1. The molecule has 4 N–H and O–H groups in total. The minimum absolute atomic E-state index is 0.0248. The Labute approximate surface area is 371 Å². The van der Waals surface area contributed by atoms with Gasteiger partial charge in [-0.15, -0.1) is 0 Å². The van der Waals surface area contributed by atoms with Gasteiger partial charge in [-0.2, -0.15) is 10.4 Å². The van der Waals surface area contributed by atoms with E-state index in [9.17, 15) is 19.2 Å². The summed E-state index contributed by atoms with van der Waals surface area (Å²) in [7, 11) is 0. The summed E-state index contributed by atoms with van der Waals surface area (Å²) < 4.78 is 16.9. The van der Waals surface area contributed by atoms with Crippen LogP contribution in [0.2, 0.25) is 0 Å². The zero-order chi connectivity index (χ0) is 44.4. The van der Waals surface area contributed by atoms with Gasteiger partial charge >= 0.3 is 0 Å². The first-order valence-corrected chi connectivity index (χ1v) is 21.9. The van der Waals surface area contributed by atoms with Gasteiger partial charge in [0.2, 0.25) is 23.6 Å². The summed E-state index contributed by atoms with van der Waals surface area (Å²) in [6.07, 6.45) is 8.38. The van der Waals surface area contributed by atoms with E-state index in [2.05, 4.69) is 47.2 Å². The summed E-state index contributed by atoms with van der Waals surface area (Å²) in [4.78, 5) is 61.3. The van der Waals surface area contributed by atoms with Gasteiger partial charge < -0.3 is 25.8 Å². The van der Waals surface area contributed by atoms with Crippen molar-refractivity contribution in [3.8, 4) is 17.2 Å². The molecule has 5 heterocycles. The summed E-state index contributed by atoms with van der Waals surface area (Å²) >= 11 is 0. The molecule has 0 radical (unpaired) electrons. The predicted molar refractivity (Wildman–Crippen MR) is 240 cm³/mol. The van der Waals surface area contributed by atoms with E-state index in [1.165, 1.54) is 6.07 Å². The van der Waals surface area contributed by atoms with Gasteiger partial charge in [-0.25, -0.2) is 9.37 Å². The largest absolute Gasteiger partial charge is 0.374 e. The number of nitrogens with one attached hydrogen (secondary N) is 4. The van der Waals surface area contributed by atoms with Crippen molar-refractivity contribution < 1.29 is 23.6 Å². The van der Waals surface area contributed by atoms with Crippen LogP contribution in [0, 0.1) is 23.1 Å². The first kappa shape index (κ1) is 43.7. The van der Waals surface area contributed by atoms with Crippen molar-refractivity contribution >= 4 is 40.8 Å². The van der Waals surface area contributed by atoms with Crippen LogP contribution in [0.5, 0.6) is 0 Å². The molecule has 8 rings (SSSR count). The second-order valence-electron chi connectivity index (χ2n) is 16.6. The Morgan fingerprint density at radius 2 is 1.67 bits per heavy atom. The first-order chi connectivity index (χ1) is 31.2. The number of aromatic nitrogens is 3. The summed E-state index contributed by atoms with van der Waals surface area (Å²) in [6.45, 7) is 6.05. The maximum atomic E-state index is 15.2. The van der Waals surface area contributed by atoms with Crippen LogP contribution in [0.3, 0.4) is 0 Å². The second kappa shape index (κ2) is 20.5. The molecule has 3 saturated heterocycles. The topological polar surface area (TPSA) is 181 Å². The van der Waals surface area contributed by atoms with Crippen molar-refractivity contribution in [3.05, 3.63) is 126 Å². The standard InChI is InChI=1S/C48H52FN11O4/c49-40-26-39(54-41-12-15-44(61)56-47(41)63)11-13-42(40)58-24-22-57(23-25-58)30-35-17-20-59(21-18-35)45(62)32-60-31-38(29-53-60)37-10-14-43(52-28-37)55-48(64)46(36-4-2-1-3-5-36)51-19-16-33-6-8-34(27-50)9-7-33/h1-11,13-14,26,28-29,31,35,41,46,51,54H,12,15-25,30,32H2,(H,52,55,64)(H,56,61,63). The van der Waals surface area contributed by atoms with Gasteiger partial charge in [0.1, 0.15) is 30.3 Å². The fourth-order valence-corrected chi connectivity index (χ4v) is 8.58. The first-order valence-electron chi connectivity index (χ1n) is 21.9. The molecule has 0 saturated carbocycles. The summed E-state index contributed by atoms with van der Waals surface area (Å²) in [5.74, 6) is -0.349. The maximum Gasteiger partial charge on any atom is 0.249 e. The molecule has 4 amide bonds. The number of piperidine rings is 2. The van der Waals surface area contributed by atoms with Crippen LogP contribution in [0.1, 0.15) is 48.4 Å². The zero-order valence-corrected chi connectivity index (χ0v) is 35.6. The Bertz CT molecular complexity index is 2460. The molecule has 330 valence electrons. The maximum absolute atomic E-state index is 15.2. The highest BCUT2D eigenvalue weighted by Crippen LogP contribution is 2.27. The lowest BCUT2D eigenvalue weighted by Gasteiger charge is -2.39. The molecule has 15 nitrogen and oxygen atoms in total. The third-order valence-electron chi connectivity index (χ3n) is 12.2. The molecule has 16 heteroatoms. The molecule has 2 aromatic heterocycles. The third kappa shape index (κ3) is 11.2. The lowest BCUT2D eigenvalue weighted by Crippen LogP contribution is -2.49. The zero-order valence-electron chi connectivity index (χ0n) is 35.6. The number of hydrogen-bond donors (Lipinski definition) is 4. The molecule has 3 fully saturated rings. The molecule has 0 spiro atoms. The lowest BCUT2D eigenvalue weighted by atomic mass is 9.96. The molecule has 0 bridgehead atoms. The average molecular weight is 866 g/mol. The fourth-order valence-electron chi connectivity index (χ4n) is 8.58. The van der Waals surface area contributed by atoms with Gasteiger partial charge in [-0.1, -0.05) is 42.5 Å². The highest BCUT2D eigenvalue weighted by molar-refractivity contribution is 6.01. The number of carbonyl (C=O) groups is 4. The number of likely N-dealkylation sites (tertiary alicyclic amines) is 1. The summed E-state index contributed by atoms with van der Waals surface area (Å²) in [5, 5.41) is 25.2. The number of hydrogen-bond acceptors (Lipinski definition) is 11. The van der Waals surface area contributed by atoms with Gasteiger partial charge in [-0.05, 0) is 85.2 Å². The van der Waals surface area contributed by atoms with Crippen LogP contribution in [-0.4, -0.2) is 107 Å². The molecular formula is C48H52FN11O4. The van der Waals surface area contributed by atoms with Crippen LogP contribution in [0.4, 0.5) is 21.6 Å². The van der Waals surface area contributed by atoms with Gasteiger partial charge in [0.25, 0.3) is 0 Å². The number of nitrogens with zero attached hydrogens (tertiary/aromatic N) is 7. The molecule has 3 aromatic carbocycles. The molecule has 3 aliphatic heterocycles. The number of amides is 4. The number of benzene rings is 3. The van der Waals surface area contributed by atoms with Crippen LogP contribution in [-0.2, 0) is 32.1 Å². The van der Waals surface area contributed by atoms with E-state index < -0.39 is 18.0 Å². The van der Waals surface area contributed by atoms with Crippen molar-refractivity contribution in [2.45, 2.75) is 50.7 Å². The Morgan fingerprint density at radius 3 is 2.38 bits per heavy atom. The van der Waals surface area contributed by atoms with E-state index in [0.29, 0.717) is 74.2 Å². The number of pyridine rings is 1. The number of piperazine rings is 1. The highest BCUT2D eigenvalue weighted by atomic mass is 19.1. The number of carbonyl (C=O) groups excluding carboxylic acids is 4. The van der Waals surface area contributed by atoms with Crippen molar-refractivity contribution in [2.75, 3.05) is 67.9 Å².